The van der Waals surface area contributed by atoms with E-state index in [2.05, 4.69) is 57.0 Å². The molecule has 1 aromatic heterocycles. The number of halogens is 1. The van der Waals surface area contributed by atoms with E-state index in [9.17, 15) is 0 Å². The van der Waals surface area contributed by atoms with Crippen molar-refractivity contribution in [3.05, 3.63) is 50.6 Å². The summed E-state index contributed by atoms with van der Waals surface area (Å²) < 4.78 is 1.19. The van der Waals surface area contributed by atoms with E-state index >= 15 is 0 Å². The van der Waals surface area contributed by atoms with Gasteiger partial charge in [0.05, 0.1) is 0 Å². The Labute approximate surface area is 130 Å². The zero-order valence-corrected chi connectivity index (χ0v) is 13.8. The van der Waals surface area contributed by atoms with E-state index in [0.717, 1.165) is 18.3 Å². The third kappa shape index (κ3) is 4.35. The van der Waals surface area contributed by atoms with Crippen molar-refractivity contribution in [2.24, 2.45) is 0 Å². The van der Waals surface area contributed by atoms with Crippen LogP contribution in [0.15, 0.2) is 45.1 Å². The van der Waals surface area contributed by atoms with Gasteiger partial charge in [0.25, 0.3) is 0 Å². The lowest BCUT2D eigenvalue weighted by molar-refractivity contribution is 0.687. The standard InChI is InChI=1S/C15H16BrNS2/c16-12-7-15(18-9-12)10-19-14-3-1-2-11(6-14)8-17-13-4-5-13/h1-3,6-7,9,13,17H,4-5,8,10H2. The van der Waals surface area contributed by atoms with Crippen LogP contribution in [0.5, 0.6) is 0 Å². The lowest BCUT2D eigenvalue weighted by Gasteiger charge is -2.05. The summed E-state index contributed by atoms with van der Waals surface area (Å²) in [6.45, 7) is 1.00. The summed E-state index contributed by atoms with van der Waals surface area (Å²) in [5.41, 5.74) is 1.39. The van der Waals surface area contributed by atoms with Crippen molar-refractivity contribution in [1.82, 2.24) is 5.32 Å². The summed E-state index contributed by atoms with van der Waals surface area (Å²) in [6, 6.07) is 11.9. The molecule has 1 N–H and O–H groups in total. The normalized spacial score (nSPS) is 14.8. The second-order valence-corrected chi connectivity index (χ2v) is 7.78. The Morgan fingerprint density at radius 1 is 1.32 bits per heavy atom. The Balaban J connectivity index is 1.55. The van der Waals surface area contributed by atoms with Gasteiger partial charge in [-0.15, -0.1) is 23.1 Å². The fourth-order valence-electron chi connectivity index (χ4n) is 1.88. The molecule has 0 amide bonds. The van der Waals surface area contributed by atoms with Gasteiger partial charge in [0.2, 0.25) is 0 Å². The molecule has 0 unspecified atom stereocenters. The number of thioether (sulfide) groups is 1. The van der Waals surface area contributed by atoms with Gasteiger partial charge in [0, 0.05) is 38.0 Å². The first kappa shape index (κ1) is 13.7. The molecular formula is C15H16BrNS2. The molecule has 4 heteroatoms. The van der Waals surface area contributed by atoms with Crippen LogP contribution >= 0.6 is 39.0 Å². The lowest BCUT2D eigenvalue weighted by atomic mass is 10.2. The molecule has 0 aliphatic heterocycles. The first-order valence-corrected chi connectivity index (χ1v) is 9.13. The lowest BCUT2D eigenvalue weighted by Crippen LogP contribution is -2.15. The third-order valence-corrected chi connectivity index (χ3v) is 6.00. The first-order valence-electron chi connectivity index (χ1n) is 6.47. The Hall–Kier alpha value is -0.290. The molecule has 19 heavy (non-hydrogen) atoms. The van der Waals surface area contributed by atoms with Gasteiger partial charge in [0.1, 0.15) is 0 Å². The number of benzene rings is 1. The Morgan fingerprint density at radius 2 is 2.21 bits per heavy atom. The van der Waals surface area contributed by atoms with Crippen molar-refractivity contribution >= 4 is 39.0 Å². The third-order valence-electron chi connectivity index (χ3n) is 3.07. The average Bonchev–Trinajstić information content (AvgIpc) is 3.16. The Bertz CT molecular complexity index is 549. The van der Waals surface area contributed by atoms with E-state index in [4.69, 9.17) is 0 Å². The molecule has 1 saturated carbocycles. The van der Waals surface area contributed by atoms with Gasteiger partial charge in [0.15, 0.2) is 0 Å². The van der Waals surface area contributed by atoms with E-state index in [1.54, 1.807) is 0 Å². The SMILES string of the molecule is Brc1csc(CSc2cccc(CNC3CC3)c2)c1. The molecule has 100 valence electrons. The second kappa shape index (κ2) is 6.44. The van der Waals surface area contributed by atoms with Crippen molar-refractivity contribution < 1.29 is 0 Å². The molecule has 0 spiro atoms. The van der Waals surface area contributed by atoms with Gasteiger partial charge in [-0.05, 0) is 52.5 Å². The summed E-state index contributed by atoms with van der Waals surface area (Å²) >= 11 is 7.23. The summed E-state index contributed by atoms with van der Waals surface area (Å²) in [4.78, 5) is 2.78. The smallest absolute Gasteiger partial charge is 0.0326 e. The zero-order valence-electron chi connectivity index (χ0n) is 10.6. The van der Waals surface area contributed by atoms with E-state index < -0.39 is 0 Å². The molecule has 0 saturated heterocycles. The maximum atomic E-state index is 3.56. The molecule has 1 heterocycles. The van der Waals surface area contributed by atoms with E-state index in [1.165, 1.54) is 32.7 Å². The minimum Gasteiger partial charge on any atom is -0.310 e. The van der Waals surface area contributed by atoms with Crippen molar-refractivity contribution in [3.63, 3.8) is 0 Å². The van der Waals surface area contributed by atoms with Gasteiger partial charge in [-0.25, -0.2) is 0 Å². The first-order chi connectivity index (χ1) is 9.29. The quantitative estimate of drug-likeness (QED) is 0.728. The second-order valence-electron chi connectivity index (χ2n) is 4.82. The molecule has 1 aliphatic rings. The minimum atomic E-state index is 0.778. The van der Waals surface area contributed by atoms with Crippen molar-refractivity contribution in [1.29, 1.82) is 0 Å². The zero-order chi connectivity index (χ0) is 13.1. The number of hydrogen-bond acceptors (Lipinski definition) is 3. The highest BCUT2D eigenvalue weighted by molar-refractivity contribution is 9.10. The Kier molecular flexibility index (Phi) is 4.64. The van der Waals surface area contributed by atoms with Crippen LogP contribution in [-0.4, -0.2) is 6.04 Å². The number of thiophene rings is 1. The average molecular weight is 354 g/mol. The van der Waals surface area contributed by atoms with Gasteiger partial charge in [-0.1, -0.05) is 12.1 Å². The predicted octanol–water partition coefficient (Wildman–Crippen LogP) is 5.05. The van der Waals surface area contributed by atoms with Crippen LogP contribution in [0.4, 0.5) is 0 Å². The molecule has 1 fully saturated rings. The molecule has 0 bridgehead atoms. The summed E-state index contributed by atoms with van der Waals surface area (Å²) in [5.74, 6) is 1.05. The van der Waals surface area contributed by atoms with Crippen LogP contribution in [0, 0.1) is 0 Å². The fourth-order valence-corrected chi connectivity index (χ4v) is 4.36. The highest BCUT2D eigenvalue weighted by atomic mass is 79.9. The summed E-state index contributed by atoms with van der Waals surface area (Å²) in [5, 5.41) is 5.71. The fraction of sp³-hybridized carbons (Fsp3) is 0.333. The topological polar surface area (TPSA) is 12.0 Å². The summed E-state index contributed by atoms with van der Waals surface area (Å²) in [6.07, 6.45) is 2.70. The van der Waals surface area contributed by atoms with Crippen LogP contribution < -0.4 is 5.32 Å². The highest BCUT2D eigenvalue weighted by Gasteiger charge is 2.19. The molecule has 1 aromatic carbocycles. The molecule has 2 aromatic rings. The molecule has 3 rings (SSSR count). The van der Waals surface area contributed by atoms with Crippen molar-refractivity contribution in [2.45, 2.75) is 36.1 Å². The molecule has 0 radical (unpaired) electrons. The van der Waals surface area contributed by atoms with Gasteiger partial charge in [-0.3, -0.25) is 0 Å². The van der Waals surface area contributed by atoms with Gasteiger partial charge >= 0.3 is 0 Å². The maximum Gasteiger partial charge on any atom is 0.0326 e. The predicted molar refractivity (Wildman–Crippen MR) is 87.9 cm³/mol. The monoisotopic (exact) mass is 353 g/mol. The minimum absolute atomic E-state index is 0.778. The molecule has 1 aliphatic carbocycles. The molecular weight excluding hydrogens is 338 g/mol. The van der Waals surface area contributed by atoms with Crippen molar-refractivity contribution in [3.8, 4) is 0 Å². The van der Waals surface area contributed by atoms with E-state index in [-0.39, 0.29) is 0 Å². The van der Waals surface area contributed by atoms with Crippen LogP contribution in [-0.2, 0) is 12.3 Å². The van der Waals surface area contributed by atoms with E-state index in [1.807, 2.05) is 23.1 Å². The van der Waals surface area contributed by atoms with Crippen LogP contribution in [0.3, 0.4) is 0 Å². The van der Waals surface area contributed by atoms with Crippen LogP contribution in [0.1, 0.15) is 23.3 Å². The largest absolute Gasteiger partial charge is 0.310 e. The van der Waals surface area contributed by atoms with E-state index in [0.29, 0.717) is 0 Å². The van der Waals surface area contributed by atoms with Crippen LogP contribution in [0.2, 0.25) is 0 Å². The van der Waals surface area contributed by atoms with Gasteiger partial charge in [-0.2, -0.15) is 0 Å². The molecule has 1 nitrogen and oxygen atoms in total. The number of hydrogen-bond donors (Lipinski definition) is 1. The Morgan fingerprint density at radius 3 is 2.95 bits per heavy atom. The molecule has 0 atom stereocenters. The maximum absolute atomic E-state index is 3.56. The highest BCUT2D eigenvalue weighted by Crippen LogP contribution is 2.28. The van der Waals surface area contributed by atoms with Gasteiger partial charge < -0.3 is 5.32 Å². The van der Waals surface area contributed by atoms with Crippen molar-refractivity contribution in [2.75, 3.05) is 0 Å². The number of rotatable bonds is 6. The summed E-state index contributed by atoms with van der Waals surface area (Å²) in [7, 11) is 0. The van der Waals surface area contributed by atoms with Crippen LogP contribution in [0.25, 0.3) is 0 Å². The number of nitrogens with one attached hydrogen (secondary N) is 1.